The van der Waals surface area contributed by atoms with Gasteiger partial charge >= 0.3 is 5.97 Å². The van der Waals surface area contributed by atoms with Gasteiger partial charge in [-0.1, -0.05) is 43.7 Å². The van der Waals surface area contributed by atoms with E-state index in [1.807, 2.05) is 13.8 Å². The fourth-order valence-corrected chi connectivity index (χ4v) is 1.65. The van der Waals surface area contributed by atoms with Crippen molar-refractivity contribution in [3.63, 3.8) is 0 Å². The SMILES string of the molecule is COC(=O)C(NCc1ccc(C)cc1)C(C)C. The van der Waals surface area contributed by atoms with Gasteiger partial charge in [0.1, 0.15) is 6.04 Å². The fourth-order valence-electron chi connectivity index (χ4n) is 1.65. The van der Waals surface area contributed by atoms with Gasteiger partial charge < -0.3 is 10.1 Å². The second-order valence-corrected chi connectivity index (χ2v) is 4.61. The van der Waals surface area contributed by atoms with Gasteiger partial charge in [0.2, 0.25) is 0 Å². The van der Waals surface area contributed by atoms with E-state index in [1.165, 1.54) is 18.2 Å². The summed E-state index contributed by atoms with van der Waals surface area (Å²) >= 11 is 0. The largest absolute Gasteiger partial charge is 0.468 e. The number of aryl methyl sites for hydroxylation is 1. The Hall–Kier alpha value is -1.35. The van der Waals surface area contributed by atoms with Crippen LogP contribution in [0.4, 0.5) is 0 Å². The molecule has 1 N–H and O–H groups in total. The van der Waals surface area contributed by atoms with Crippen LogP contribution in [0, 0.1) is 12.8 Å². The smallest absolute Gasteiger partial charge is 0.323 e. The Labute approximate surface area is 103 Å². The van der Waals surface area contributed by atoms with E-state index in [0.717, 1.165) is 0 Å². The van der Waals surface area contributed by atoms with Crippen LogP contribution in [0.15, 0.2) is 24.3 Å². The lowest BCUT2D eigenvalue weighted by atomic mass is 10.0. The third kappa shape index (κ3) is 4.19. The van der Waals surface area contributed by atoms with Crippen LogP contribution in [-0.2, 0) is 16.1 Å². The molecule has 1 aromatic carbocycles. The number of methoxy groups -OCH3 is 1. The summed E-state index contributed by atoms with van der Waals surface area (Å²) in [5, 5.41) is 3.23. The standard InChI is InChI=1S/C14H21NO2/c1-10(2)13(14(16)17-4)15-9-12-7-5-11(3)6-8-12/h5-8,10,13,15H,9H2,1-4H3. The molecular formula is C14H21NO2. The first-order valence-corrected chi connectivity index (χ1v) is 5.91. The molecule has 0 aromatic heterocycles. The van der Waals surface area contributed by atoms with Gasteiger partial charge in [-0.3, -0.25) is 4.79 Å². The minimum absolute atomic E-state index is 0.202. The molecule has 1 aromatic rings. The number of carbonyl (C=O) groups is 1. The summed E-state index contributed by atoms with van der Waals surface area (Å²) in [5.74, 6) is 0.0139. The molecule has 0 saturated heterocycles. The summed E-state index contributed by atoms with van der Waals surface area (Å²) in [6.07, 6.45) is 0. The maximum absolute atomic E-state index is 11.5. The molecule has 3 nitrogen and oxygen atoms in total. The molecule has 1 atom stereocenters. The number of carbonyl (C=O) groups excluding carboxylic acids is 1. The normalized spacial score (nSPS) is 12.5. The Morgan fingerprint density at radius 1 is 1.29 bits per heavy atom. The van der Waals surface area contributed by atoms with E-state index in [2.05, 4.69) is 36.5 Å². The average molecular weight is 235 g/mol. The Bertz CT molecular complexity index is 357. The fraction of sp³-hybridized carbons (Fsp3) is 0.500. The number of rotatable bonds is 5. The number of hydrogen-bond acceptors (Lipinski definition) is 3. The predicted octanol–water partition coefficient (Wildman–Crippen LogP) is 2.28. The second-order valence-electron chi connectivity index (χ2n) is 4.61. The first-order chi connectivity index (χ1) is 8.04. The monoisotopic (exact) mass is 235 g/mol. The van der Waals surface area contributed by atoms with E-state index in [9.17, 15) is 4.79 Å². The predicted molar refractivity (Wildman–Crippen MR) is 68.7 cm³/mol. The molecule has 3 heteroatoms. The van der Waals surface area contributed by atoms with Crippen LogP contribution in [0.2, 0.25) is 0 Å². The molecule has 0 aliphatic heterocycles. The second kappa shape index (κ2) is 6.40. The van der Waals surface area contributed by atoms with Crippen molar-refractivity contribution in [2.45, 2.75) is 33.4 Å². The number of benzene rings is 1. The third-order valence-corrected chi connectivity index (χ3v) is 2.77. The van der Waals surface area contributed by atoms with Gasteiger partial charge in [-0.05, 0) is 18.4 Å². The van der Waals surface area contributed by atoms with Crippen LogP contribution >= 0.6 is 0 Å². The van der Waals surface area contributed by atoms with Crippen molar-refractivity contribution in [1.82, 2.24) is 5.32 Å². The van der Waals surface area contributed by atoms with E-state index >= 15 is 0 Å². The van der Waals surface area contributed by atoms with Crippen molar-refractivity contribution in [2.75, 3.05) is 7.11 Å². The lowest BCUT2D eigenvalue weighted by molar-refractivity contribution is -0.144. The highest BCUT2D eigenvalue weighted by Gasteiger charge is 2.21. The average Bonchev–Trinajstić information content (AvgIpc) is 2.31. The Balaban J connectivity index is 2.58. The zero-order valence-electron chi connectivity index (χ0n) is 11.0. The molecule has 0 radical (unpaired) electrons. The third-order valence-electron chi connectivity index (χ3n) is 2.77. The molecule has 0 fully saturated rings. The van der Waals surface area contributed by atoms with Crippen LogP contribution in [0.1, 0.15) is 25.0 Å². The van der Waals surface area contributed by atoms with Crippen LogP contribution in [0.25, 0.3) is 0 Å². The number of esters is 1. The lowest BCUT2D eigenvalue weighted by Crippen LogP contribution is -2.41. The van der Waals surface area contributed by atoms with E-state index in [1.54, 1.807) is 0 Å². The molecule has 0 bridgehead atoms. The Morgan fingerprint density at radius 3 is 2.35 bits per heavy atom. The molecule has 1 rings (SSSR count). The highest BCUT2D eigenvalue weighted by molar-refractivity contribution is 5.75. The van der Waals surface area contributed by atoms with Crippen LogP contribution in [0.3, 0.4) is 0 Å². The molecule has 17 heavy (non-hydrogen) atoms. The summed E-state index contributed by atoms with van der Waals surface area (Å²) in [6, 6.07) is 8.02. The van der Waals surface area contributed by atoms with Crippen LogP contribution in [-0.4, -0.2) is 19.1 Å². The number of hydrogen-bond donors (Lipinski definition) is 1. The van der Waals surface area contributed by atoms with Gasteiger partial charge in [0, 0.05) is 6.54 Å². The van der Waals surface area contributed by atoms with Gasteiger partial charge in [0.05, 0.1) is 7.11 Å². The highest BCUT2D eigenvalue weighted by atomic mass is 16.5. The first kappa shape index (κ1) is 13.7. The summed E-state index contributed by atoms with van der Waals surface area (Å²) in [6.45, 7) is 6.74. The number of ether oxygens (including phenoxy) is 1. The molecule has 0 aliphatic carbocycles. The van der Waals surface area contributed by atoms with Crippen molar-refractivity contribution in [3.05, 3.63) is 35.4 Å². The molecule has 1 unspecified atom stereocenters. The van der Waals surface area contributed by atoms with E-state index in [4.69, 9.17) is 4.74 Å². The lowest BCUT2D eigenvalue weighted by Gasteiger charge is -2.19. The van der Waals surface area contributed by atoms with Gasteiger partial charge in [-0.15, -0.1) is 0 Å². The molecule has 0 spiro atoms. The van der Waals surface area contributed by atoms with E-state index in [-0.39, 0.29) is 17.9 Å². The summed E-state index contributed by atoms with van der Waals surface area (Å²) in [4.78, 5) is 11.5. The molecular weight excluding hydrogens is 214 g/mol. The quantitative estimate of drug-likeness (QED) is 0.796. The Morgan fingerprint density at radius 2 is 1.88 bits per heavy atom. The molecule has 94 valence electrons. The Kier molecular flexibility index (Phi) is 5.16. The minimum atomic E-state index is -0.249. The maximum atomic E-state index is 11.5. The molecule has 0 saturated carbocycles. The van der Waals surface area contributed by atoms with Crippen LogP contribution in [0.5, 0.6) is 0 Å². The topological polar surface area (TPSA) is 38.3 Å². The summed E-state index contributed by atoms with van der Waals surface area (Å²) in [7, 11) is 1.42. The van der Waals surface area contributed by atoms with Crippen molar-refractivity contribution in [2.24, 2.45) is 5.92 Å². The number of nitrogens with one attached hydrogen (secondary N) is 1. The summed E-state index contributed by atoms with van der Waals surface area (Å²) in [5.41, 5.74) is 2.41. The van der Waals surface area contributed by atoms with Gasteiger partial charge in [-0.25, -0.2) is 0 Å². The zero-order chi connectivity index (χ0) is 12.8. The van der Waals surface area contributed by atoms with Crippen molar-refractivity contribution < 1.29 is 9.53 Å². The maximum Gasteiger partial charge on any atom is 0.323 e. The summed E-state index contributed by atoms with van der Waals surface area (Å²) < 4.78 is 4.78. The van der Waals surface area contributed by atoms with Crippen molar-refractivity contribution >= 4 is 5.97 Å². The first-order valence-electron chi connectivity index (χ1n) is 5.91. The molecule has 0 amide bonds. The highest BCUT2D eigenvalue weighted by Crippen LogP contribution is 2.07. The zero-order valence-corrected chi connectivity index (χ0v) is 11.0. The molecule has 0 aliphatic rings. The minimum Gasteiger partial charge on any atom is -0.468 e. The molecule has 0 heterocycles. The van der Waals surface area contributed by atoms with Gasteiger partial charge in [-0.2, -0.15) is 0 Å². The van der Waals surface area contributed by atoms with E-state index in [0.29, 0.717) is 6.54 Å². The van der Waals surface area contributed by atoms with E-state index < -0.39 is 0 Å². The van der Waals surface area contributed by atoms with Crippen LogP contribution < -0.4 is 5.32 Å². The van der Waals surface area contributed by atoms with Gasteiger partial charge in [0.25, 0.3) is 0 Å². The van der Waals surface area contributed by atoms with Crippen molar-refractivity contribution in [3.8, 4) is 0 Å². The van der Waals surface area contributed by atoms with Crippen molar-refractivity contribution in [1.29, 1.82) is 0 Å². The van der Waals surface area contributed by atoms with Gasteiger partial charge in [0.15, 0.2) is 0 Å².